The molecule has 14 heavy (non-hydrogen) atoms. The van der Waals surface area contributed by atoms with Gasteiger partial charge in [0, 0.05) is 10.7 Å². The molecule has 6 heteroatoms. The number of ether oxygens (including phenoxy) is 1. The fourth-order valence-corrected chi connectivity index (χ4v) is 1.64. The first kappa shape index (κ1) is 11.4. The molecule has 0 spiro atoms. The third-order valence-electron chi connectivity index (χ3n) is 1.59. The Hall–Kier alpha value is -0.650. The van der Waals surface area contributed by atoms with Crippen LogP contribution in [-0.4, -0.2) is 18.1 Å². The molecule has 1 atom stereocenters. The standard InChI is InChI=1S/C8H8BrClN2O2/c1-14-8(13)6(11)7-5(10)2-4(9)3-12-7/h2-3,6H,11H2,1H3. The summed E-state index contributed by atoms with van der Waals surface area (Å²) in [5, 5.41) is 0.331. The van der Waals surface area contributed by atoms with Crippen molar-refractivity contribution in [3.05, 3.63) is 27.5 Å². The van der Waals surface area contributed by atoms with Crippen molar-refractivity contribution in [2.75, 3.05) is 7.11 Å². The monoisotopic (exact) mass is 278 g/mol. The molecule has 2 N–H and O–H groups in total. The minimum absolute atomic E-state index is 0.307. The number of methoxy groups -OCH3 is 1. The maximum Gasteiger partial charge on any atom is 0.328 e. The van der Waals surface area contributed by atoms with Crippen LogP contribution in [0.25, 0.3) is 0 Å². The Bertz CT molecular complexity index is 359. The first-order valence-electron chi connectivity index (χ1n) is 3.70. The van der Waals surface area contributed by atoms with Crippen LogP contribution in [-0.2, 0) is 9.53 Å². The molecule has 4 nitrogen and oxygen atoms in total. The highest BCUT2D eigenvalue weighted by Gasteiger charge is 2.20. The number of pyridine rings is 1. The van der Waals surface area contributed by atoms with E-state index in [1.54, 1.807) is 6.07 Å². The van der Waals surface area contributed by atoms with Crippen molar-refractivity contribution in [1.29, 1.82) is 0 Å². The molecule has 0 aliphatic carbocycles. The number of halogens is 2. The molecule has 1 unspecified atom stereocenters. The molecule has 1 aromatic rings. The van der Waals surface area contributed by atoms with Crippen LogP contribution in [0.2, 0.25) is 5.02 Å². The predicted molar refractivity (Wildman–Crippen MR) is 55.9 cm³/mol. The van der Waals surface area contributed by atoms with Gasteiger partial charge in [-0.05, 0) is 22.0 Å². The Labute approximate surface area is 94.5 Å². The largest absolute Gasteiger partial charge is 0.468 e. The van der Waals surface area contributed by atoms with E-state index in [9.17, 15) is 4.79 Å². The highest BCUT2D eigenvalue weighted by Crippen LogP contribution is 2.23. The van der Waals surface area contributed by atoms with Crippen LogP contribution in [0.5, 0.6) is 0 Å². The average molecular weight is 280 g/mol. The van der Waals surface area contributed by atoms with Crippen molar-refractivity contribution >= 4 is 33.5 Å². The van der Waals surface area contributed by atoms with E-state index in [0.29, 0.717) is 10.7 Å². The molecule has 0 amide bonds. The topological polar surface area (TPSA) is 65.2 Å². The third kappa shape index (κ3) is 2.43. The summed E-state index contributed by atoms with van der Waals surface area (Å²) in [5.74, 6) is -0.568. The van der Waals surface area contributed by atoms with Crippen LogP contribution in [0.1, 0.15) is 11.7 Å². The summed E-state index contributed by atoms with van der Waals surface area (Å²) in [6.07, 6.45) is 1.52. The van der Waals surface area contributed by atoms with Crippen molar-refractivity contribution in [1.82, 2.24) is 4.98 Å². The van der Waals surface area contributed by atoms with Crippen molar-refractivity contribution < 1.29 is 9.53 Å². The van der Waals surface area contributed by atoms with Gasteiger partial charge in [0.2, 0.25) is 0 Å². The third-order valence-corrected chi connectivity index (χ3v) is 2.32. The van der Waals surface area contributed by atoms with Crippen LogP contribution in [0.15, 0.2) is 16.7 Å². The van der Waals surface area contributed by atoms with Gasteiger partial charge in [0.25, 0.3) is 0 Å². The number of rotatable bonds is 2. The quantitative estimate of drug-likeness (QED) is 0.836. The SMILES string of the molecule is COC(=O)C(N)c1ncc(Br)cc1Cl. The number of nitrogens with two attached hydrogens (primary N) is 1. The van der Waals surface area contributed by atoms with E-state index < -0.39 is 12.0 Å². The van der Waals surface area contributed by atoms with E-state index in [0.717, 1.165) is 4.47 Å². The average Bonchev–Trinajstić information content (AvgIpc) is 2.15. The lowest BCUT2D eigenvalue weighted by molar-refractivity contribution is -0.142. The molecule has 1 aromatic heterocycles. The lowest BCUT2D eigenvalue weighted by atomic mass is 10.2. The van der Waals surface area contributed by atoms with Crippen LogP contribution in [0.4, 0.5) is 0 Å². The smallest absolute Gasteiger partial charge is 0.328 e. The highest BCUT2D eigenvalue weighted by molar-refractivity contribution is 9.10. The zero-order valence-corrected chi connectivity index (χ0v) is 9.67. The minimum Gasteiger partial charge on any atom is -0.468 e. The van der Waals surface area contributed by atoms with E-state index >= 15 is 0 Å². The number of hydrogen-bond acceptors (Lipinski definition) is 4. The van der Waals surface area contributed by atoms with Gasteiger partial charge in [0.1, 0.15) is 6.04 Å². The summed E-state index contributed by atoms with van der Waals surface area (Å²) in [6.45, 7) is 0. The van der Waals surface area contributed by atoms with Gasteiger partial charge in [0.15, 0.2) is 0 Å². The first-order valence-corrected chi connectivity index (χ1v) is 4.87. The number of aromatic nitrogens is 1. The molecule has 0 radical (unpaired) electrons. The molecule has 0 bridgehead atoms. The molecule has 0 aliphatic heterocycles. The molecule has 0 saturated heterocycles. The second-order valence-corrected chi connectivity index (χ2v) is 3.84. The van der Waals surface area contributed by atoms with Gasteiger partial charge in [-0.1, -0.05) is 11.6 Å². The highest BCUT2D eigenvalue weighted by atomic mass is 79.9. The normalized spacial score (nSPS) is 12.3. The summed E-state index contributed by atoms with van der Waals surface area (Å²) in [4.78, 5) is 15.0. The van der Waals surface area contributed by atoms with E-state index in [-0.39, 0.29) is 0 Å². The van der Waals surface area contributed by atoms with Crippen molar-refractivity contribution in [2.45, 2.75) is 6.04 Å². The number of carbonyl (C=O) groups excluding carboxylic acids is 1. The Kier molecular flexibility index (Phi) is 3.86. The first-order chi connectivity index (χ1) is 6.56. The van der Waals surface area contributed by atoms with Crippen LogP contribution in [0.3, 0.4) is 0 Å². The predicted octanol–water partition coefficient (Wildman–Crippen LogP) is 1.67. The molecule has 1 rings (SSSR count). The van der Waals surface area contributed by atoms with Crippen molar-refractivity contribution in [3.63, 3.8) is 0 Å². The summed E-state index contributed by atoms with van der Waals surface area (Å²) >= 11 is 9.04. The molecule has 0 aliphatic rings. The van der Waals surface area contributed by atoms with Gasteiger partial charge in [-0.3, -0.25) is 4.98 Å². The maximum atomic E-state index is 11.1. The minimum atomic E-state index is -0.944. The summed E-state index contributed by atoms with van der Waals surface area (Å²) in [6, 6.07) is 0.674. The Morgan fingerprint density at radius 2 is 2.43 bits per heavy atom. The summed E-state index contributed by atoms with van der Waals surface area (Å²) < 4.78 is 5.20. The van der Waals surface area contributed by atoms with Gasteiger partial charge < -0.3 is 10.5 Å². The number of esters is 1. The van der Waals surface area contributed by atoms with E-state index in [4.69, 9.17) is 17.3 Å². The summed E-state index contributed by atoms with van der Waals surface area (Å²) in [7, 11) is 1.26. The van der Waals surface area contributed by atoms with E-state index in [1.807, 2.05) is 0 Å². The van der Waals surface area contributed by atoms with Gasteiger partial charge in [-0.25, -0.2) is 4.79 Å². The lowest BCUT2D eigenvalue weighted by Crippen LogP contribution is -2.23. The van der Waals surface area contributed by atoms with Gasteiger partial charge in [0.05, 0.1) is 17.8 Å². The Balaban J connectivity index is 3.01. The molecule has 0 fully saturated rings. The van der Waals surface area contributed by atoms with Crippen molar-refractivity contribution in [3.8, 4) is 0 Å². The number of nitrogens with zero attached hydrogens (tertiary/aromatic N) is 1. The van der Waals surface area contributed by atoms with Crippen LogP contribution in [0, 0.1) is 0 Å². The fourth-order valence-electron chi connectivity index (χ4n) is 0.893. The summed E-state index contributed by atoms with van der Waals surface area (Å²) in [5.41, 5.74) is 5.87. The molecule has 76 valence electrons. The van der Waals surface area contributed by atoms with Crippen molar-refractivity contribution in [2.24, 2.45) is 5.73 Å². The van der Waals surface area contributed by atoms with Gasteiger partial charge in [-0.2, -0.15) is 0 Å². The van der Waals surface area contributed by atoms with Gasteiger partial charge in [-0.15, -0.1) is 0 Å². The molecule has 1 heterocycles. The Morgan fingerprint density at radius 3 is 2.93 bits per heavy atom. The van der Waals surface area contributed by atoms with E-state index in [2.05, 4.69) is 25.7 Å². The number of hydrogen-bond donors (Lipinski definition) is 1. The second kappa shape index (κ2) is 4.72. The maximum absolute atomic E-state index is 11.1. The molecular formula is C8H8BrClN2O2. The molecular weight excluding hydrogens is 271 g/mol. The zero-order chi connectivity index (χ0) is 10.7. The fraction of sp³-hybridized carbons (Fsp3) is 0.250. The van der Waals surface area contributed by atoms with E-state index in [1.165, 1.54) is 13.3 Å². The number of carbonyl (C=O) groups is 1. The lowest BCUT2D eigenvalue weighted by Gasteiger charge is -2.09. The molecule has 0 aromatic carbocycles. The second-order valence-electron chi connectivity index (χ2n) is 2.52. The zero-order valence-electron chi connectivity index (χ0n) is 7.33. The van der Waals surface area contributed by atoms with Crippen LogP contribution >= 0.6 is 27.5 Å². The Morgan fingerprint density at radius 1 is 1.79 bits per heavy atom. The molecule has 0 saturated carbocycles. The van der Waals surface area contributed by atoms with Crippen LogP contribution < -0.4 is 5.73 Å². The van der Waals surface area contributed by atoms with Gasteiger partial charge >= 0.3 is 5.97 Å².